The van der Waals surface area contributed by atoms with Crippen LogP contribution in [0.1, 0.15) is 27.2 Å². The van der Waals surface area contributed by atoms with Gasteiger partial charge in [0.25, 0.3) is 0 Å². The Morgan fingerprint density at radius 1 is 1.17 bits per heavy atom. The molecular formula is C17H21N3O3S. The monoisotopic (exact) mass is 347 g/mol. The molecule has 0 saturated heterocycles. The van der Waals surface area contributed by atoms with Gasteiger partial charge in [0.2, 0.25) is 5.91 Å². The Morgan fingerprint density at radius 3 is 2.42 bits per heavy atom. The number of anilines is 2. The van der Waals surface area contributed by atoms with Crippen LogP contribution in [0.4, 0.5) is 14.9 Å². The summed E-state index contributed by atoms with van der Waals surface area (Å²) < 4.78 is 4.59. The summed E-state index contributed by atoms with van der Waals surface area (Å²) in [6.45, 7) is 6.00. The summed E-state index contributed by atoms with van der Waals surface area (Å²) in [6.07, 6.45) is -0.213. The van der Waals surface area contributed by atoms with Crippen molar-refractivity contribution in [3.05, 3.63) is 30.3 Å². The van der Waals surface area contributed by atoms with Crippen LogP contribution in [0.5, 0.6) is 0 Å². The fourth-order valence-corrected chi connectivity index (χ4v) is 2.93. The molecule has 2 N–H and O–H groups in total. The highest BCUT2D eigenvalue weighted by Gasteiger charge is 2.20. The van der Waals surface area contributed by atoms with E-state index in [2.05, 4.69) is 20.4 Å². The predicted molar refractivity (Wildman–Crippen MR) is 96.3 cm³/mol. The maximum atomic E-state index is 12.3. The summed E-state index contributed by atoms with van der Waals surface area (Å²) in [4.78, 5) is 28.1. The van der Waals surface area contributed by atoms with Crippen molar-refractivity contribution in [2.75, 3.05) is 17.7 Å². The highest BCUT2D eigenvalue weighted by Crippen LogP contribution is 2.36. The largest absolute Gasteiger partial charge is 0.453 e. The Bertz CT molecular complexity index is 720. The Labute approximate surface area is 145 Å². The molecule has 2 amide bonds. The lowest BCUT2D eigenvalue weighted by molar-refractivity contribution is -0.117. The third-order valence-electron chi connectivity index (χ3n) is 3.01. The number of hydrogen-bond acceptors (Lipinski definition) is 5. The topological polar surface area (TPSA) is 80.3 Å². The number of rotatable bonds is 4. The zero-order chi connectivity index (χ0) is 17.7. The maximum absolute atomic E-state index is 12.3. The van der Waals surface area contributed by atoms with E-state index in [0.717, 1.165) is 5.56 Å². The normalized spacial score (nSPS) is 11.0. The van der Waals surface area contributed by atoms with E-state index < -0.39 is 6.09 Å². The first kappa shape index (κ1) is 17.9. The first-order chi connectivity index (χ1) is 11.3. The van der Waals surface area contributed by atoms with E-state index in [0.29, 0.717) is 22.2 Å². The van der Waals surface area contributed by atoms with Gasteiger partial charge in [0.1, 0.15) is 10.7 Å². The molecule has 1 heterocycles. The molecule has 2 rings (SSSR count). The number of carbonyl (C=O) groups excluding carboxylic acids is 2. The van der Waals surface area contributed by atoms with Gasteiger partial charge in [-0.3, -0.25) is 10.1 Å². The molecular weight excluding hydrogens is 326 g/mol. The highest BCUT2D eigenvalue weighted by molar-refractivity contribution is 7.20. The van der Waals surface area contributed by atoms with Gasteiger partial charge in [0.05, 0.1) is 7.11 Å². The van der Waals surface area contributed by atoms with Gasteiger partial charge in [-0.1, -0.05) is 62.4 Å². The highest BCUT2D eigenvalue weighted by atomic mass is 32.1. The molecule has 0 aliphatic heterocycles. The molecule has 7 heteroatoms. The number of amides is 2. The van der Waals surface area contributed by atoms with Crippen LogP contribution in [-0.2, 0) is 9.53 Å². The van der Waals surface area contributed by atoms with E-state index in [1.807, 2.05) is 51.1 Å². The van der Waals surface area contributed by atoms with E-state index in [1.165, 1.54) is 18.4 Å². The predicted octanol–water partition coefficient (Wildman–Crippen LogP) is 4.36. The van der Waals surface area contributed by atoms with Gasteiger partial charge in [-0.15, -0.1) is 0 Å². The fraction of sp³-hybridized carbons (Fsp3) is 0.353. The minimum atomic E-state index is -0.601. The van der Waals surface area contributed by atoms with Gasteiger partial charge < -0.3 is 10.1 Å². The van der Waals surface area contributed by atoms with Crippen molar-refractivity contribution >= 4 is 33.5 Å². The molecule has 6 nitrogen and oxygen atoms in total. The zero-order valence-corrected chi connectivity index (χ0v) is 15.0. The van der Waals surface area contributed by atoms with Crippen LogP contribution in [0.2, 0.25) is 0 Å². The van der Waals surface area contributed by atoms with Crippen molar-refractivity contribution in [1.29, 1.82) is 0 Å². The standard InChI is InChI=1S/C17H21N3O3S/c1-17(2,3)10-12(21)18-14-13(11-8-6-5-7-9-11)19-15(24-14)20-16(22)23-4/h5-9H,10H2,1-4H3,(H,18,21)(H,19,20,22). The molecule has 0 atom stereocenters. The Balaban J connectivity index is 2.30. The first-order valence-corrected chi connectivity index (χ1v) is 8.31. The van der Waals surface area contributed by atoms with Crippen LogP contribution in [-0.4, -0.2) is 24.1 Å². The number of benzene rings is 1. The Kier molecular flexibility index (Phi) is 5.56. The van der Waals surface area contributed by atoms with Crippen molar-refractivity contribution in [3.8, 4) is 11.3 Å². The molecule has 0 radical (unpaired) electrons. The molecule has 0 unspecified atom stereocenters. The van der Waals surface area contributed by atoms with E-state index in [4.69, 9.17) is 0 Å². The Hall–Kier alpha value is -2.41. The van der Waals surface area contributed by atoms with Crippen molar-refractivity contribution in [2.24, 2.45) is 5.41 Å². The maximum Gasteiger partial charge on any atom is 0.413 e. The number of nitrogens with one attached hydrogen (secondary N) is 2. The summed E-state index contributed by atoms with van der Waals surface area (Å²) >= 11 is 1.20. The van der Waals surface area contributed by atoms with Crippen LogP contribution in [0.15, 0.2) is 30.3 Å². The fourth-order valence-electron chi connectivity index (χ4n) is 2.04. The average molecular weight is 347 g/mol. The SMILES string of the molecule is COC(=O)Nc1nc(-c2ccccc2)c(NC(=O)CC(C)(C)C)s1. The van der Waals surface area contributed by atoms with E-state index >= 15 is 0 Å². The summed E-state index contributed by atoms with van der Waals surface area (Å²) in [7, 11) is 1.28. The summed E-state index contributed by atoms with van der Waals surface area (Å²) in [5.41, 5.74) is 1.36. The number of thiazole rings is 1. The lowest BCUT2D eigenvalue weighted by atomic mass is 9.92. The zero-order valence-electron chi connectivity index (χ0n) is 14.2. The molecule has 2 aromatic rings. The molecule has 0 spiro atoms. The number of nitrogens with zero attached hydrogens (tertiary/aromatic N) is 1. The minimum absolute atomic E-state index is 0.0899. The van der Waals surface area contributed by atoms with Gasteiger partial charge >= 0.3 is 6.09 Å². The average Bonchev–Trinajstić information content (AvgIpc) is 2.88. The lowest BCUT2D eigenvalue weighted by Crippen LogP contribution is -2.19. The quantitative estimate of drug-likeness (QED) is 0.861. The first-order valence-electron chi connectivity index (χ1n) is 7.49. The number of hydrogen-bond donors (Lipinski definition) is 2. The van der Waals surface area contributed by atoms with E-state index in [9.17, 15) is 9.59 Å². The van der Waals surface area contributed by atoms with Crippen molar-refractivity contribution in [2.45, 2.75) is 27.2 Å². The molecule has 1 aromatic carbocycles. The second kappa shape index (κ2) is 7.44. The number of aromatic nitrogens is 1. The number of carbonyl (C=O) groups is 2. The van der Waals surface area contributed by atoms with Crippen LogP contribution >= 0.6 is 11.3 Å². The Morgan fingerprint density at radius 2 is 1.83 bits per heavy atom. The van der Waals surface area contributed by atoms with Crippen molar-refractivity contribution in [1.82, 2.24) is 4.98 Å². The summed E-state index contributed by atoms with van der Waals surface area (Å²) in [6, 6.07) is 9.49. The molecule has 0 fully saturated rings. The molecule has 0 saturated carbocycles. The molecule has 0 aliphatic rings. The number of ether oxygens (including phenoxy) is 1. The van der Waals surface area contributed by atoms with Crippen LogP contribution in [0, 0.1) is 5.41 Å². The van der Waals surface area contributed by atoms with Gasteiger partial charge in [-0.05, 0) is 5.41 Å². The van der Waals surface area contributed by atoms with Crippen LogP contribution < -0.4 is 10.6 Å². The molecule has 1 aromatic heterocycles. The summed E-state index contributed by atoms with van der Waals surface area (Å²) in [5.74, 6) is -0.0899. The van der Waals surface area contributed by atoms with Gasteiger partial charge in [-0.2, -0.15) is 0 Å². The number of methoxy groups -OCH3 is 1. The molecule has 0 bridgehead atoms. The third-order valence-corrected chi connectivity index (χ3v) is 3.90. The second-order valence-electron chi connectivity index (χ2n) is 6.46. The third kappa shape index (κ3) is 5.06. The van der Waals surface area contributed by atoms with Crippen LogP contribution in [0.25, 0.3) is 11.3 Å². The van der Waals surface area contributed by atoms with Crippen molar-refractivity contribution in [3.63, 3.8) is 0 Å². The molecule has 0 aliphatic carbocycles. The molecule has 128 valence electrons. The minimum Gasteiger partial charge on any atom is -0.453 e. The van der Waals surface area contributed by atoms with Crippen molar-refractivity contribution < 1.29 is 14.3 Å². The van der Waals surface area contributed by atoms with Gasteiger partial charge in [-0.25, -0.2) is 9.78 Å². The molecule has 24 heavy (non-hydrogen) atoms. The van der Waals surface area contributed by atoms with Crippen LogP contribution in [0.3, 0.4) is 0 Å². The van der Waals surface area contributed by atoms with E-state index in [-0.39, 0.29) is 11.3 Å². The lowest BCUT2D eigenvalue weighted by Gasteiger charge is -2.17. The smallest absolute Gasteiger partial charge is 0.413 e. The second-order valence-corrected chi connectivity index (χ2v) is 7.46. The van der Waals surface area contributed by atoms with Gasteiger partial charge in [0.15, 0.2) is 5.13 Å². The summed E-state index contributed by atoms with van der Waals surface area (Å²) in [5, 5.41) is 6.41. The van der Waals surface area contributed by atoms with Gasteiger partial charge in [0, 0.05) is 12.0 Å². The van der Waals surface area contributed by atoms with E-state index in [1.54, 1.807) is 0 Å².